The second-order valence-corrected chi connectivity index (χ2v) is 5.12. The second-order valence-electron chi connectivity index (χ2n) is 5.12. The number of hydrogen-bond donors (Lipinski definition) is 1. The number of nitrogens with one attached hydrogen (secondary N) is 1. The molecule has 1 heterocycles. The largest absolute Gasteiger partial charge is 0.366 e. The van der Waals surface area contributed by atoms with Crippen molar-refractivity contribution in [3.8, 4) is 0 Å². The van der Waals surface area contributed by atoms with Crippen LogP contribution < -0.4 is 5.32 Å². The fourth-order valence-electron chi connectivity index (χ4n) is 2.76. The molecule has 0 saturated heterocycles. The van der Waals surface area contributed by atoms with Crippen molar-refractivity contribution < 1.29 is 0 Å². The van der Waals surface area contributed by atoms with E-state index in [1.807, 2.05) is 19.1 Å². The number of hydrogen-bond acceptors (Lipinski definition) is 3. The molecule has 1 N–H and O–H groups in total. The van der Waals surface area contributed by atoms with E-state index in [1.54, 1.807) is 0 Å². The number of aryl methyl sites for hydroxylation is 1. The molecule has 0 spiro atoms. The normalized spacial score (nSPS) is 18.9. The van der Waals surface area contributed by atoms with E-state index in [4.69, 9.17) is 0 Å². The lowest BCUT2D eigenvalue weighted by Gasteiger charge is -2.30. The van der Waals surface area contributed by atoms with Crippen LogP contribution in [0.15, 0.2) is 12.1 Å². The zero-order chi connectivity index (χ0) is 12.1. The van der Waals surface area contributed by atoms with Crippen molar-refractivity contribution >= 4 is 5.82 Å². The van der Waals surface area contributed by atoms with E-state index in [0.29, 0.717) is 6.04 Å². The maximum absolute atomic E-state index is 4.20. The molecule has 1 aliphatic rings. The summed E-state index contributed by atoms with van der Waals surface area (Å²) in [5, 5.41) is 11.9. The zero-order valence-corrected chi connectivity index (χ0v) is 10.9. The highest BCUT2D eigenvalue weighted by molar-refractivity contribution is 5.34. The molecule has 94 valence electrons. The fourth-order valence-corrected chi connectivity index (χ4v) is 2.76. The van der Waals surface area contributed by atoms with Gasteiger partial charge in [-0.2, -0.15) is 5.10 Å². The van der Waals surface area contributed by atoms with Crippen molar-refractivity contribution in [2.45, 2.75) is 58.4 Å². The maximum Gasteiger partial charge on any atom is 0.148 e. The average Bonchev–Trinajstić information content (AvgIpc) is 2.39. The SMILES string of the molecule is CCC(Nc1ccc(C)nn1)C1CCCCC1. The number of nitrogens with zero attached hydrogens (tertiary/aromatic N) is 2. The predicted octanol–water partition coefficient (Wildman–Crippen LogP) is 3.56. The molecule has 3 heteroatoms. The highest BCUT2D eigenvalue weighted by Gasteiger charge is 2.22. The minimum absolute atomic E-state index is 0.562. The fraction of sp³-hybridized carbons (Fsp3) is 0.714. The Labute approximate surface area is 104 Å². The van der Waals surface area contributed by atoms with Crippen molar-refractivity contribution in [2.75, 3.05) is 5.32 Å². The molecule has 1 fully saturated rings. The van der Waals surface area contributed by atoms with Crippen molar-refractivity contribution in [1.29, 1.82) is 0 Å². The first-order valence-corrected chi connectivity index (χ1v) is 6.86. The van der Waals surface area contributed by atoms with Crippen LogP contribution in [0.1, 0.15) is 51.1 Å². The molecule has 1 atom stereocenters. The summed E-state index contributed by atoms with van der Waals surface area (Å²) >= 11 is 0. The minimum Gasteiger partial charge on any atom is -0.366 e. The van der Waals surface area contributed by atoms with Gasteiger partial charge in [0.1, 0.15) is 5.82 Å². The van der Waals surface area contributed by atoms with Crippen LogP contribution in [-0.2, 0) is 0 Å². The molecule has 1 unspecified atom stereocenters. The minimum atomic E-state index is 0.562. The molecule has 1 aliphatic carbocycles. The monoisotopic (exact) mass is 233 g/mol. The summed E-state index contributed by atoms with van der Waals surface area (Å²) in [7, 11) is 0. The highest BCUT2D eigenvalue weighted by Crippen LogP contribution is 2.29. The first-order chi connectivity index (χ1) is 8.29. The van der Waals surface area contributed by atoms with Gasteiger partial charge in [-0.3, -0.25) is 0 Å². The van der Waals surface area contributed by atoms with Gasteiger partial charge >= 0.3 is 0 Å². The first kappa shape index (κ1) is 12.3. The van der Waals surface area contributed by atoms with E-state index in [0.717, 1.165) is 17.4 Å². The Kier molecular flexibility index (Phi) is 4.35. The third-order valence-electron chi connectivity index (χ3n) is 3.79. The van der Waals surface area contributed by atoms with Gasteiger partial charge in [-0.1, -0.05) is 26.2 Å². The van der Waals surface area contributed by atoms with E-state index >= 15 is 0 Å². The lowest BCUT2D eigenvalue weighted by atomic mass is 9.83. The zero-order valence-electron chi connectivity index (χ0n) is 10.9. The third kappa shape index (κ3) is 3.42. The van der Waals surface area contributed by atoms with Gasteiger partial charge in [0, 0.05) is 6.04 Å². The van der Waals surface area contributed by atoms with Crippen LogP contribution in [0, 0.1) is 12.8 Å². The van der Waals surface area contributed by atoms with Crippen LogP contribution >= 0.6 is 0 Å². The van der Waals surface area contributed by atoms with Gasteiger partial charge in [-0.15, -0.1) is 5.10 Å². The van der Waals surface area contributed by atoms with Crippen LogP contribution in [0.4, 0.5) is 5.82 Å². The van der Waals surface area contributed by atoms with Crippen molar-refractivity contribution in [1.82, 2.24) is 10.2 Å². The van der Waals surface area contributed by atoms with Gasteiger partial charge in [0.15, 0.2) is 0 Å². The van der Waals surface area contributed by atoms with E-state index in [9.17, 15) is 0 Å². The Bertz CT molecular complexity index is 328. The molecule has 17 heavy (non-hydrogen) atoms. The first-order valence-electron chi connectivity index (χ1n) is 6.86. The van der Waals surface area contributed by atoms with Gasteiger partial charge in [0.2, 0.25) is 0 Å². The van der Waals surface area contributed by atoms with Gasteiger partial charge in [-0.05, 0) is 44.2 Å². The predicted molar refractivity (Wildman–Crippen MR) is 71.0 cm³/mol. The molecular formula is C14H23N3. The van der Waals surface area contributed by atoms with Crippen molar-refractivity contribution in [3.63, 3.8) is 0 Å². The lowest BCUT2D eigenvalue weighted by molar-refractivity contribution is 0.312. The summed E-state index contributed by atoms with van der Waals surface area (Å²) in [6, 6.07) is 4.61. The van der Waals surface area contributed by atoms with Gasteiger partial charge in [-0.25, -0.2) is 0 Å². The molecule has 1 aromatic heterocycles. The summed E-state index contributed by atoms with van der Waals surface area (Å²) in [5.74, 6) is 1.74. The number of rotatable bonds is 4. The highest BCUT2D eigenvalue weighted by atomic mass is 15.2. The Morgan fingerprint density at radius 2 is 2.00 bits per heavy atom. The summed E-state index contributed by atoms with van der Waals surface area (Å²) < 4.78 is 0. The average molecular weight is 233 g/mol. The van der Waals surface area contributed by atoms with Gasteiger partial charge < -0.3 is 5.32 Å². The molecule has 1 saturated carbocycles. The lowest BCUT2D eigenvalue weighted by Crippen LogP contribution is -2.30. The summed E-state index contributed by atoms with van der Waals surface area (Å²) in [5.41, 5.74) is 0.973. The van der Waals surface area contributed by atoms with Crippen LogP contribution in [0.5, 0.6) is 0 Å². The Balaban J connectivity index is 1.96. The summed E-state index contributed by atoms with van der Waals surface area (Å²) in [6.07, 6.45) is 8.10. The second kappa shape index (κ2) is 5.99. The number of anilines is 1. The summed E-state index contributed by atoms with van der Waals surface area (Å²) in [4.78, 5) is 0. The topological polar surface area (TPSA) is 37.8 Å². The molecule has 0 bridgehead atoms. The van der Waals surface area contributed by atoms with E-state index < -0.39 is 0 Å². The van der Waals surface area contributed by atoms with Crippen molar-refractivity contribution in [2.24, 2.45) is 5.92 Å². The smallest absolute Gasteiger partial charge is 0.148 e. The van der Waals surface area contributed by atoms with E-state index in [1.165, 1.54) is 38.5 Å². The van der Waals surface area contributed by atoms with E-state index in [-0.39, 0.29) is 0 Å². The van der Waals surface area contributed by atoms with E-state index in [2.05, 4.69) is 22.4 Å². The summed E-state index contributed by atoms with van der Waals surface area (Å²) in [6.45, 7) is 4.23. The quantitative estimate of drug-likeness (QED) is 0.864. The molecule has 3 nitrogen and oxygen atoms in total. The van der Waals surface area contributed by atoms with Crippen LogP contribution in [0.2, 0.25) is 0 Å². The molecule has 1 aromatic rings. The molecule has 2 rings (SSSR count). The Hall–Kier alpha value is -1.12. The molecular weight excluding hydrogens is 210 g/mol. The van der Waals surface area contributed by atoms with Crippen molar-refractivity contribution in [3.05, 3.63) is 17.8 Å². The molecule has 0 aromatic carbocycles. The van der Waals surface area contributed by atoms with Gasteiger partial charge in [0.25, 0.3) is 0 Å². The third-order valence-corrected chi connectivity index (χ3v) is 3.79. The van der Waals surface area contributed by atoms with Gasteiger partial charge in [0.05, 0.1) is 5.69 Å². The standard InChI is InChI=1S/C14H23N3/c1-3-13(12-7-5-4-6-8-12)15-14-10-9-11(2)16-17-14/h9-10,12-13H,3-8H2,1-2H3,(H,15,17). The maximum atomic E-state index is 4.20. The molecule has 0 radical (unpaired) electrons. The molecule has 0 aliphatic heterocycles. The van der Waals surface area contributed by atoms with Crippen LogP contribution in [-0.4, -0.2) is 16.2 Å². The molecule has 0 amide bonds. The van der Waals surface area contributed by atoms with Crippen LogP contribution in [0.25, 0.3) is 0 Å². The Morgan fingerprint density at radius 3 is 2.59 bits per heavy atom. The van der Waals surface area contributed by atoms with Crippen LogP contribution in [0.3, 0.4) is 0 Å². The number of aromatic nitrogens is 2. The Morgan fingerprint density at radius 1 is 1.24 bits per heavy atom.